The van der Waals surface area contributed by atoms with Gasteiger partial charge in [0.2, 0.25) is 5.91 Å². The Morgan fingerprint density at radius 3 is 2.53 bits per heavy atom. The van der Waals surface area contributed by atoms with E-state index in [1.807, 2.05) is 6.07 Å². The minimum Gasteiger partial charge on any atom is -0.356 e. The molecule has 106 valence electrons. The summed E-state index contributed by atoms with van der Waals surface area (Å²) < 4.78 is 1.23. The van der Waals surface area contributed by atoms with E-state index in [0.717, 1.165) is 18.5 Å². The van der Waals surface area contributed by atoms with Crippen LogP contribution in [0.25, 0.3) is 0 Å². The van der Waals surface area contributed by atoms with Crippen molar-refractivity contribution in [3.8, 4) is 0 Å². The standard InChI is InChI=1S/C16H24INO/c1-13-7-8-15(11-14(13)2)12-16(19)18-10-6-4-3-5-9-17/h7-8,11H,3-6,9-10,12H2,1-2H3,(H,18,19). The molecule has 0 aromatic heterocycles. The van der Waals surface area contributed by atoms with Gasteiger partial charge in [-0.1, -0.05) is 53.6 Å². The van der Waals surface area contributed by atoms with Gasteiger partial charge in [-0.2, -0.15) is 0 Å². The van der Waals surface area contributed by atoms with Crippen LogP contribution in [-0.4, -0.2) is 16.9 Å². The van der Waals surface area contributed by atoms with E-state index in [2.05, 4.69) is 53.9 Å². The summed E-state index contributed by atoms with van der Waals surface area (Å²) in [5.41, 5.74) is 3.63. The summed E-state index contributed by atoms with van der Waals surface area (Å²) in [5.74, 6) is 0.136. The summed E-state index contributed by atoms with van der Waals surface area (Å²) in [4.78, 5) is 11.8. The lowest BCUT2D eigenvalue weighted by Crippen LogP contribution is -2.26. The minimum absolute atomic E-state index is 0.136. The molecule has 2 nitrogen and oxygen atoms in total. The number of alkyl halides is 1. The van der Waals surface area contributed by atoms with Crippen LogP contribution in [0.5, 0.6) is 0 Å². The number of hydrogen-bond acceptors (Lipinski definition) is 1. The van der Waals surface area contributed by atoms with Gasteiger partial charge in [-0.15, -0.1) is 0 Å². The van der Waals surface area contributed by atoms with Crippen LogP contribution in [0, 0.1) is 13.8 Å². The average Bonchev–Trinajstić information content (AvgIpc) is 2.38. The lowest BCUT2D eigenvalue weighted by molar-refractivity contribution is -0.120. The maximum atomic E-state index is 11.8. The third-order valence-electron chi connectivity index (χ3n) is 3.32. The lowest BCUT2D eigenvalue weighted by atomic mass is 10.0. The summed E-state index contributed by atoms with van der Waals surface area (Å²) in [7, 11) is 0. The molecule has 1 aromatic rings. The van der Waals surface area contributed by atoms with Crippen molar-refractivity contribution in [2.24, 2.45) is 0 Å². The highest BCUT2D eigenvalue weighted by atomic mass is 127. The maximum absolute atomic E-state index is 11.8. The molecular formula is C16H24INO. The number of aryl methyl sites for hydroxylation is 2. The number of hydrogen-bond donors (Lipinski definition) is 1. The fourth-order valence-electron chi connectivity index (χ4n) is 1.96. The van der Waals surface area contributed by atoms with Gasteiger partial charge in [0.05, 0.1) is 6.42 Å². The molecule has 1 amide bonds. The van der Waals surface area contributed by atoms with Crippen molar-refractivity contribution < 1.29 is 4.79 Å². The Hall–Kier alpha value is -0.580. The molecule has 0 unspecified atom stereocenters. The maximum Gasteiger partial charge on any atom is 0.224 e. The number of halogens is 1. The predicted octanol–water partition coefficient (Wildman–Crippen LogP) is 3.96. The molecule has 1 N–H and O–H groups in total. The van der Waals surface area contributed by atoms with Crippen LogP contribution >= 0.6 is 22.6 Å². The molecule has 0 saturated carbocycles. The number of unbranched alkanes of at least 4 members (excludes halogenated alkanes) is 3. The molecule has 1 aromatic carbocycles. The normalized spacial score (nSPS) is 10.5. The molecule has 1 rings (SSSR count). The van der Waals surface area contributed by atoms with Crippen LogP contribution in [0.15, 0.2) is 18.2 Å². The van der Waals surface area contributed by atoms with E-state index in [1.165, 1.54) is 34.8 Å². The zero-order valence-corrected chi connectivity index (χ0v) is 14.1. The summed E-state index contributed by atoms with van der Waals surface area (Å²) in [6, 6.07) is 6.24. The zero-order valence-electron chi connectivity index (χ0n) is 12.0. The third-order valence-corrected chi connectivity index (χ3v) is 4.08. The van der Waals surface area contributed by atoms with Crippen molar-refractivity contribution in [2.45, 2.75) is 46.0 Å². The summed E-state index contributed by atoms with van der Waals surface area (Å²) >= 11 is 2.41. The average molecular weight is 373 g/mol. The first-order valence-electron chi connectivity index (χ1n) is 7.02. The highest BCUT2D eigenvalue weighted by Crippen LogP contribution is 2.10. The van der Waals surface area contributed by atoms with Crippen molar-refractivity contribution in [1.29, 1.82) is 0 Å². The van der Waals surface area contributed by atoms with E-state index in [0.29, 0.717) is 6.42 Å². The van der Waals surface area contributed by atoms with Gasteiger partial charge < -0.3 is 5.32 Å². The second kappa shape index (κ2) is 9.34. The molecule has 0 aliphatic rings. The number of amides is 1. The molecule has 0 radical (unpaired) electrons. The van der Waals surface area contributed by atoms with Gasteiger partial charge in [-0.05, 0) is 47.8 Å². The van der Waals surface area contributed by atoms with E-state index in [-0.39, 0.29) is 5.91 Å². The van der Waals surface area contributed by atoms with Crippen molar-refractivity contribution >= 4 is 28.5 Å². The first-order valence-corrected chi connectivity index (χ1v) is 8.55. The molecule has 0 aliphatic heterocycles. The van der Waals surface area contributed by atoms with Crippen LogP contribution in [0.4, 0.5) is 0 Å². The highest BCUT2D eigenvalue weighted by molar-refractivity contribution is 14.1. The minimum atomic E-state index is 0.136. The van der Waals surface area contributed by atoms with Gasteiger partial charge in [0.15, 0.2) is 0 Å². The molecular weight excluding hydrogens is 349 g/mol. The molecule has 3 heteroatoms. The lowest BCUT2D eigenvalue weighted by Gasteiger charge is -2.07. The van der Waals surface area contributed by atoms with E-state index >= 15 is 0 Å². The van der Waals surface area contributed by atoms with E-state index < -0.39 is 0 Å². The molecule has 0 aliphatic carbocycles. The SMILES string of the molecule is Cc1ccc(CC(=O)NCCCCCCI)cc1C. The smallest absolute Gasteiger partial charge is 0.224 e. The molecule has 0 bridgehead atoms. The molecule has 0 atom stereocenters. The monoisotopic (exact) mass is 373 g/mol. The van der Waals surface area contributed by atoms with Gasteiger partial charge in [0, 0.05) is 6.54 Å². The Kier molecular flexibility index (Phi) is 8.10. The van der Waals surface area contributed by atoms with Crippen molar-refractivity contribution in [2.75, 3.05) is 11.0 Å². The van der Waals surface area contributed by atoms with Crippen LogP contribution in [0.3, 0.4) is 0 Å². The van der Waals surface area contributed by atoms with Gasteiger partial charge in [-0.3, -0.25) is 4.79 Å². The number of benzene rings is 1. The zero-order chi connectivity index (χ0) is 14.1. The fraction of sp³-hybridized carbons (Fsp3) is 0.562. The Bertz CT molecular complexity index is 404. The first-order chi connectivity index (χ1) is 9.13. The third kappa shape index (κ3) is 6.95. The molecule has 0 fully saturated rings. The number of carbonyl (C=O) groups excluding carboxylic acids is 1. The first kappa shape index (κ1) is 16.5. The van der Waals surface area contributed by atoms with Crippen LogP contribution in [0.1, 0.15) is 42.4 Å². The summed E-state index contributed by atoms with van der Waals surface area (Å²) in [6.45, 7) is 4.99. The number of nitrogens with one attached hydrogen (secondary N) is 1. The molecule has 0 spiro atoms. The van der Waals surface area contributed by atoms with Gasteiger partial charge >= 0.3 is 0 Å². The quantitative estimate of drug-likeness (QED) is 0.417. The van der Waals surface area contributed by atoms with Crippen LogP contribution in [-0.2, 0) is 11.2 Å². The van der Waals surface area contributed by atoms with Crippen molar-refractivity contribution in [1.82, 2.24) is 5.32 Å². The largest absolute Gasteiger partial charge is 0.356 e. The number of rotatable bonds is 8. The predicted molar refractivity (Wildman–Crippen MR) is 90.0 cm³/mol. The summed E-state index contributed by atoms with van der Waals surface area (Å²) in [5, 5.41) is 3.00. The van der Waals surface area contributed by atoms with E-state index in [1.54, 1.807) is 0 Å². The van der Waals surface area contributed by atoms with Crippen LogP contribution < -0.4 is 5.32 Å². The fourth-order valence-corrected chi connectivity index (χ4v) is 2.50. The van der Waals surface area contributed by atoms with Crippen molar-refractivity contribution in [3.63, 3.8) is 0 Å². The van der Waals surface area contributed by atoms with E-state index in [9.17, 15) is 4.79 Å². The van der Waals surface area contributed by atoms with Gasteiger partial charge in [0.1, 0.15) is 0 Å². The second-order valence-electron chi connectivity index (χ2n) is 5.05. The summed E-state index contributed by atoms with van der Waals surface area (Å²) in [6.07, 6.45) is 5.37. The van der Waals surface area contributed by atoms with Gasteiger partial charge in [0.25, 0.3) is 0 Å². The Morgan fingerprint density at radius 1 is 1.11 bits per heavy atom. The Balaban J connectivity index is 2.21. The second-order valence-corrected chi connectivity index (χ2v) is 6.13. The molecule has 0 heterocycles. The van der Waals surface area contributed by atoms with Crippen molar-refractivity contribution in [3.05, 3.63) is 34.9 Å². The molecule has 19 heavy (non-hydrogen) atoms. The Labute approximate surface area is 130 Å². The highest BCUT2D eigenvalue weighted by Gasteiger charge is 2.03. The Morgan fingerprint density at radius 2 is 1.84 bits per heavy atom. The molecule has 0 saturated heterocycles. The van der Waals surface area contributed by atoms with E-state index in [4.69, 9.17) is 0 Å². The van der Waals surface area contributed by atoms with Crippen LogP contribution in [0.2, 0.25) is 0 Å². The number of carbonyl (C=O) groups is 1. The topological polar surface area (TPSA) is 29.1 Å². The van der Waals surface area contributed by atoms with Gasteiger partial charge in [-0.25, -0.2) is 0 Å².